The molecule has 2 N–H and O–H groups in total. The van der Waals surface area contributed by atoms with Gasteiger partial charge in [-0.05, 0) is 73.3 Å². The Morgan fingerprint density at radius 1 is 1.31 bits per heavy atom. The summed E-state index contributed by atoms with van der Waals surface area (Å²) in [5.74, 6) is 2.59. The monoisotopic (exact) mass is 461 g/mol. The molecule has 3 rings (SSSR count). The molecule has 1 heterocycles. The topological polar surface area (TPSA) is 79.4 Å². The summed E-state index contributed by atoms with van der Waals surface area (Å²) in [6.45, 7) is 5.46. The number of aromatic nitrogens is 2. The highest BCUT2D eigenvalue weighted by Crippen LogP contribution is 2.30. The van der Waals surface area contributed by atoms with Crippen LogP contribution in [0.4, 0.5) is 17.5 Å². The van der Waals surface area contributed by atoms with Crippen LogP contribution in [0.25, 0.3) is 0 Å². The Morgan fingerprint density at radius 3 is 2.69 bits per heavy atom. The van der Waals surface area contributed by atoms with Crippen LogP contribution in [0.15, 0.2) is 34.9 Å². The van der Waals surface area contributed by atoms with Crippen LogP contribution in [0.2, 0.25) is 0 Å². The zero-order valence-corrected chi connectivity index (χ0v) is 18.7. The molecule has 8 heteroatoms. The molecular weight excluding hydrogens is 434 g/mol. The van der Waals surface area contributed by atoms with E-state index >= 15 is 0 Å². The van der Waals surface area contributed by atoms with Gasteiger partial charge in [0.1, 0.15) is 11.6 Å². The Hall–Kier alpha value is -2.35. The Kier molecular flexibility index (Phi) is 7.30. The molecule has 0 atom stereocenters. The molecule has 1 aromatic carbocycles. The highest BCUT2D eigenvalue weighted by atomic mass is 79.9. The molecule has 1 aromatic heterocycles. The van der Waals surface area contributed by atoms with Gasteiger partial charge >= 0.3 is 0 Å². The van der Waals surface area contributed by atoms with Gasteiger partial charge in [-0.2, -0.15) is 4.98 Å². The lowest BCUT2D eigenvalue weighted by Crippen LogP contribution is -2.30. The molecule has 0 aliphatic heterocycles. The van der Waals surface area contributed by atoms with Crippen molar-refractivity contribution in [3.63, 3.8) is 0 Å². The van der Waals surface area contributed by atoms with Crippen molar-refractivity contribution in [2.45, 2.75) is 39.2 Å². The zero-order chi connectivity index (χ0) is 20.8. The predicted octanol–water partition coefficient (Wildman–Crippen LogP) is 4.44. The van der Waals surface area contributed by atoms with Gasteiger partial charge in [0.05, 0.1) is 10.6 Å². The van der Waals surface area contributed by atoms with Crippen molar-refractivity contribution in [1.82, 2.24) is 14.9 Å². The van der Waals surface area contributed by atoms with Gasteiger partial charge in [-0.25, -0.2) is 4.98 Å². The fraction of sp³-hybridized carbons (Fsp3) is 0.476. The maximum Gasteiger partial charge on any atom is 0.229 e. The number of ether oxygens (including phenoxy) is 1. The summed E-state index contributed by atoms with van der Waals surface area (Å²) in [5, 5.41) is 6.52. The fourth-order valence-electron chi connectivity index (χ4n) is 2.84. The van der Waals surface area contributed by atoms with E-state index in [-0.39, 0.29) is 17.9 Å². The second-order valence-electron chi connectivity index (χ2n) is 7.52. The molecule has 0 spiro atoms. The van der Waals surface area contributed by atoms with E-state index in [1.165, 1.54) is 0 Å². The van der Waals surface area contributed by atoms with E-state index in [0.29, 0.717) is 5.95 Å². The molecule has 1 fully saturated rings. The number of anilines is 3. The molecule has 0 bridgehead atoms. The maximum atomic E-state index is 12.0. The average Bonchev–Trinajstić information content (AvgIpc) is 3.53. The maximum absolute atomic E-state index is 12.0. The third-order valence-electron chi connectivity index (χ3n) is 4.49. The molecule has 0 saturated heterocycles. The summed E-state index contributed by atoms with van der Waals surface area (Å²) in [4.78, 5) is 22.7. The molecule has 29 heavy (non-hydrogen) atoms. The first-order valence-corrected chi connectivity index (χ1v) is 10.8. The second kappa shape index (κ2) is 9.91. The van der Waals surface area contributed by atoms with Gasteiger partial charge in [-0.3, -0.25) is 4.79 Å². The summed E-state index contributed by atoms with van der Waals surface area (Å²) in [7, 11) is 1.88. The quantitative estimate of drug-likeness (QED) is 0.509. The number of hydrogen-bond donors (Lipinski definition) is 2. The lowest BCUT2D eigenvalue weighted by Gasteiger charge is -2.17. The number of benzene rings is 1. The number of rotatable bonds is 10. The number of nitrogens with zero attached hydrogens (tertiary/aromatic N) is 3. The molecule has 2 aromatic rings. The summed E-state index contributed by atoms with van der Waals surface area (Å²) in [5.41, 5.74) is 0.884. The van der Waals surface area contributed by atoms with Gasteiger partial charge in [0.25, 0.3) is 0 Å². The van der Waals surface area contributed by atoms with E-state index in [9.17, 15) is 4.79 Å². The van der Waals surface area contributed by atoms with E-state index < -0.39 is 0 Å². The van der Waals surface area contributed by atoms with E-state index in [2.05, 4.69) is 36.5 Å². The smallest absolute Gasteiger partial charge is 0.229 e. The van der Waals surface area contributed by atoms with Gasteiger partial charge in [0.2, 0.25) is 11.9 Å². The number of nitrogens with one attached hydrogen (secondary N) is 2. The number of carbonyl (C=O) groups is 1. The molecule has 1 amide bonds. The number of carbonyl (C=O) groups excluding carboxylic acids is 1. The Balaban J connectivity index is 1.50. The van der Waals surface area contributed by atoms with Crippen molar-refractivity contribution in [2.24, 2.45) is 5.92 Å². The third-order valence-corrected chi connectivity index (χ3v) is 5.07. The van der Waals surface area contributed by atoms with Crippen LogP contribution >= 0.6 is 15.9 Å². The lowest BCUT2D eigenvalue weighted by atomic mass is 10.3. The van der Waals surface area contributed by atoms with Crippen LogP contribution in [0.5, 0.6) is 5.75 Å². The summed E-state index contributed by atoms with van der Waals surface area (Å²) in [6, 6.07) is 7.70. The fourth-order valence-corrected chi connectivity index (χ4v) is 3.18. The first kappa shape index (κ1) is 21.4. The highest BCUT2D eigenvalue weighted by molar-refractivity contribution is 9.10. The van der Waals surface area contributed by atoms with Crippen LogP contribution in [0, 0.1) is 5.92 Å². The van der Waals surface area contributed by atoms with Gasteiger partial charge in [0, 0.05) is 37.9 Å². The molecule has 1 saturated carbocycles. The summed E-state index contributed by atoms with van der Waals surface area (Å²) < 4.78 is 6.45. The van der Waals surface area contributed by atoms with Crippen molar-refractivity contribution in [2.75, 3.05) is 30.8 Å². The molecule has 0 radical (unpaired) electrons. The molecule has 0 unspecified atom stereocenters. The van der Waals surface area contributed by atoms with Crippen LogP contribution in [0.3, 0.4) is 0 Å². The molecular formula is C21H28BrN5O2. The minimum Gasteiger partial charge on any atom is -0.491 e. The Labute approximate surface area is 180 Å². The normalized spacial score (nSPS) is 13.3. The molecule has 1 aliphatic carbocycles. The second-order valence-corrected chi connectivity index (χ2v) is 8.37. The van der Waals surface area contributed by atoms with Crippen LogP contribution in [-0.4, -0.2) is 47.0 Å². The van der Waals surface area contributed by atoms with Crippen molar-refractivity contribution in [1.29, 1.82) is 0 Å². The minimum absolute atomic E-state index is 0.142. The molecule has 156 valence electrons. The van der Waals surface area contributed by atoms with E-state index in [0.717, 1.165) is 54.1 Å². The number of amides is 1. The summed E-state index contributed by atoms with van der Waals surface area (Å²) in [6.07, 6.45) is 4.79. The lowest BCUT2D eigenvalue weighted by molar-refractivity contribution is -0.131. The number of hydrogen-bond acceptors (Lipinski definition) is 6. The minimum atomic E-state index is 0.142. The van der Waals surface area contributed by atoms with Crippen molar-refractivity contribution >= 4 is 39.3 Å². The van der Waals surface area contributed by atoms with E-state index in [1.807, 2.05) is 50.1 Å². The van der Waals surface area contributed by atoms with Crippen molar-refractivity contribution in [3.8, 4) is 5.75 Å². The van der Waals surface area contributed by atoms with Crippen LogP contribution in [0.1, 0.15) is 33.1 Å². The van der Waals surface area contributed by atoms with Crippen LogP contribution < -0.4 is 15.4 Å². The first-order chi connectivity index (χ1) is 13.9. The van der Waals surface area contributed by atoms with Gasteiger partial charge in [-0.15, -0.1) is 0 Å². The van der Waals surface area contributed by atoms with Gasteiger partial charge < -0.3 is 20.3 Å². The summed E-state index contributed by atoms with van der Waals surface area (Å²) >= 11 is 3.48. The SMILES string of the molecule is CC(C)Oc1ccc(Nc2ncc(Br)c(NCCCN(C)C(=O)C3CC3)n2)cc1. The first-order valence-electron chi connectivity index (χ1n) is 9.97. The Bertz CT molecular complexity index is 824. The predicted molar refractivity (Wildman–Crippen MR) is 119 cm³/mol. The third kappa shape index (κ3) is 6.59. The average molecular weight is 462 g/mol. The van der Waals surface area contributed by atoms with Gasteiger partial charge in [0.15, 0.2) is 0 Å². The van der Waals surface area contributed by atoms with E-state index in [4.69, 9.17) is 4.74 Å². The molecule has 1 aliphatic rings. The molecule has 7 nitrogen and oxygen atoms in total. The van der Waals surface area contributed by atoms with Crippen molar-refractivity contribution < 1.29 is 9.53 Å². The standard InChI is InChI=1S/C21H28BrN5O2/c1-14(2)29-17-9-7-16(8-10-17)25-21-24-13-18(22)19(26-21)23-11-4-12-27(3)20(28)15-5-6-15/h7-10,13-15H,4-6,11-12H2,1-3H3,(H2,23,24,25,26). The van der Waals surface area contributed by atoms with Gasteiger partial charge in [-0.1, -0.05) is 0 Å². The largest absolute Gasteiger partial charge is 0.491 e. The zero-order valence-electron chi connectivity index (χ0n) is 17.1. The highest BCUT2D eigenvalue weighted by Gasteiger charge is 2.31. The van der Waals surface area contributed by atoms with Crippen molar-refractivity contribution in [3.05, 3.63) is 34.9 Å². The number of halogens is 1. The Morgan fingerprint density at radius 2 is 2.03 bits per heavy atom. The van der Waals surface area contributed by atoms with E-state index in [1.54, 1.807) is 6.20 Å². The van der Waals surface area contributed by atoms with Crippen LogP contribution in [-0.2, 0) is 4.79 Å².